The van der Waals surface area contributed by atoms with E-state index in [9.17, 15) is 23.5 Å². The number of Topliss-reactive ketones (excluding diaryl/α,β-unsaturated/α-hetero) is 1. The molecule has 1 N–H and O–H groups in total. The van der Waals surface area contributed by atoms with E-state index in [0.29, 0.717) is 11.8 Å². The predicted octanol–water partition coefficient (Wildman–Crippen LogP) is 4.00. The fourth-order valence-electron chi connectivity index (χ4n) is 3.72. The van der Waals surface area contributed by atoms with Gasteiger partial charge in [-0.2, -0.15) is 0 Å². The van der Waals surface area contributed by atoms with Gasteiger partial charge in [0.2, 0.25) is 0 Å². The molecule has 9 heteroatoms. The highest BCUT2D eigenvalue weighted by atomic mass is 19.1. The average molecular weight is 452 g/mol. The molecule has 1 aliphatic rings. The van der Waals surface area contributed by atoms with Crippen LogP contribution in [0.4, 0.5) is 14.5 Å². The Morgan fingerprint density at radius 2 is 1.82 bits per heavy atom. The number of nitrogens with zero attached hydrogens (tertiary/aromatic N) is 2. The molecule has 4 rings (SSSR count). The molecule has 0 spiro atoms. The molecule has 0 radical (unpaired) electrons. The van der Waals surface area contributed by atoms with Crippen LogP contribution in [0.2, 0.25) is 0 Å². The highest BCUT2D eigenvalue weighted by Gasteiger charge is 2.48. The van der Waals surface area contributed by atoms with E-state index in [4.69, 9.17) is 9.47 Å². The molecule has 0 saturated carbocycles. The van der Waals surface area contributed by atoms with Crippen molar-refractivity contribution in [2.75, 3.05) is 19.1 Å². The number of ketones is 1. The SMILES string of the molecule is COc1ccc(OC)c(/C(O)=C2\C(=O)C(=O)N(c3ccc(F)cc3F)C2c2ccccn2)c1. The van der Waals surface area contributed by atoms with Crippen LogP contribution in [-0.4, -0.2) is 36.0 Å². The number of carbonyl (C=O) groups is 2. The molecule has 1 atom stereocenters. The molecular formula is C24H18F2N2O5. The van der Waals surface area contributed by atoms with E-state index in [1.807, 2.05) is 0 Å². The van der Waals surface area contributed by atoms with E-state index >= 15 is 0 Å². The van der Waals surface area contributed by atoms with Gasteiger partial charge in [-0.1, -0.05) is 6.07 Å². The van der Waals surface area contributed by atoms with Gasteiger partial charge in [-0.05, 0) is 42.5 Å². The average Bonchev–Trinajstić information content (AvgIpc) is 3.09. The van der Waals surface area contributed by atoms with Crippen LogP contribution in [0.25, 0.3) is 5.76 Å². The van der Waals surface area contributed by atoms with Crippen molar-refractivity contribution < 1.29 is 33.0 Å². The van der Waals surface area contributed by atoms with Crippen molar-refractivity contribution in [3.63, 3.8) is 0 Å². The maximum Gasteiger partial charge on any atom is 0.300 e. The number of aliphatic hydroxyl groups is 1. The van der Waals surface area contributed by atoms with Gasteiger partial charge >= 0.3 is 0 Å². The third-order valence-electron chi connectivity index (χ3n) is 5.24. The van der Waals surface area contributed by atoms with Crippen molar-refractivity contribution in [2.45, 2.75) is 6.04 Å². The predicted molar refractivity (Wildman–Crippen MR) is 115 cm³/mol. The normalized spacial score (nSPS) is 17.3. The summed E-state index contributed by atoms with van der Waals surface area (Å²) in [6, 6.07) is 10.7. The van der Waals surface area contributed by atoms with Crippen LogP contribution in [-0.2, 0) is 9.59 Å². The van der Waals surface area contributed by atoms with Crippen molar-refractivity contribution in [2.24, 2.45) is 0 Å². The van der Waals surface area contributed by atoms with Gasteiger partial charge in [0.05, 0.1) is 36.7 Å². The molecule has 1 aromatic heterocycles. The Balaban J connectivity index is 1.99. The molecule has 33 heavy (non-hydrogen) atoms. The Hall–Kier alpha value is -4.27. The number of benzene rings is 2. The summed E-state index contributed by atoms with van der Waals surface area (Å²) in [7, 11) is 2.80. The second kappa shape index (κ2) is 8.70. The Morgan fingerprint density at radius 1 is 1.03 bits per heavy atom. The molecule has 0 bridgehead atoms. The maximum atomic E-state index is 14.7. The number of ether oxygens (including phenoxy) is 2. The molecule has 1 unspecified atom stereocenters. The van der Waals surface area contributed by atoms with Crippen LogP contribution >= 0.6 is 0 Å². The zero-order valence-electron chi connectivity index (χ0n) is 17.6. The number of carbonyl (C=O) groups excluding carboxylic acids is 2. The van der Waals surface area contributed by atoms with Gasteiger partial charge in [0.15, 0.2) is 0 Å². The van der Waals surface area contributed by atoms with Gasteiger partial charge in [-0.15, -0.1) is 0 Å². The second-order valence-electron chi connectivity index (χ2n) is 7.09. The minimum atomic E-state index is -1.28. The number of hydrogen-bond acceptors (Lipinski definition) is 6. The van der Waals surface area contributed by atoms with Gasteiger partial charge in [0.25, 0.3) is 11.7 Å². The summed E-state index contributed by atoms with van der Waals surface area (Å²) in [5.41, 5.74) is -0.362. The standard InChI is InChI=1S/C24H18F2N2O5/c1-32-14-7-9-19(33-2)15(12-14)22(29)20-21(17-5-3-4-10-27-17)28(24(31)23(20)30)18-8-6-13(25)11-16(18)26/h3-12,21,29H,1-2H3/b22-20+. The third kappa shape index (κ3) is 3.78. The van der Waals surface area contributed by atoms with Gasteiger partial charge in [0.1, 0.15) is 34.9 Å². The fraction of sp³-hybridized carbons (Fsp3) is 0.125. The lowest BCUT2D eigenvalue weighted by Gasteiger charge is -2.25. The van der Waals surface area contributed by atoms with Gasteiger partial charge in [-0.3, -0.25) is 19.5 Å². The minimum absolute atomic E-state index is 0.0929. The van der Waals surface area contributed by atoms with Crippen molar-refractivity contribution in [1.29, 1.82) is 0 Å². The lowest BCUT2D eigenvalue weighted by Crippen LogP contribution is -2.30. The number of rotatable bonds is 5. The number of halogens is 2. The highest BCUT2D eigenvalue weighted by Crippen LogP contribution is 2.43. The summed E-state index contributed by atoms with van der Waals surface area (Å²) in [4.78, 5) is 31.2. The first-order chi connectivity index (χ1) is 15.9. The first-order valence-electron chi connectivity index (χ1n) is 9.76. The number of amides is 1. The molecule has 1 saturated heterocycles. The van der Waals surface area contributed by atoms with Crippen molar-refractivity contribution in [1.82, 2.24) is 4.98 Å². The molecule has 1 fully saturated rings. The number of anilines is 1. The summed E-state index contributed by atoms with van der Waals surface area (Å²) in [5, 5.41) is 11.2. The van der Waals surface area contributed by atoms with Crippen molar-refractivity contribution in [3.8, 4) is 11.5 Å². The number of hydrogen-bond donors (Lipinski definition) is 1. The molecule has 7 nitrogen and oxygen atoms in total. The highest BCUT2D eigenvalue weighted by molar-refractivity contribution is 6.51. The quantitative estimate of drug-likeness (QED) is 0.358. The molecule has 1 aliphatic heterocycles. The van der Waals surface area contributed by atoms with Crippen LogP contribution < -0.4 is 14.4 Å². The molecule has 168 valence electrons. The number of pyridine rings is 1. The zero-order chi connectivity index (χ0) is 23.7. The van der Waals surface area contributed by atoms with Crippen LogP contribution in [0.3, 0.4) is 0 Å². The number of aliphatic hydroxyl groups excluding tert-OH is 1. The van der Waals surface area contributed by atoms with E-state index in [1.54, 1.807) is 18.2 Å². The van der Waals surface area contributed by atoms with Gasteiger partial charge < -0.3 is 14.6 Å². The number of methoxy groups -OCH3 is 2. The summed E-state index contributed by atoms with van der Waals surface area (Å²) in [6.07, 6.45) is 1.43. The maximum absolute atomic E-state index is 14.7. The summed E-state index contributed by atoms with van der Waals surface area (Å²) >= 11 is 0. The molecular weight excluding hydrogens is 434 g/mol. The van der Waals surface area contributed by atoms with E-state index in [1.165, 1.54) is 38.6 Å². The summed E-state index contributed by atoms with van der Waals surface area (Å²) < 4.78 is 38.7. The van der Waals surface area contributed by atoms with Gasteiger partial charge in [0, 0.05) is 12.3 Å². The fourth-order valence-corrected chi connectivity index (χ4v) is 3.72. The monoisotopic (exact) mass is 452 g/mol. The molecule has 2 aromatic carbocycles. The van der Waals surface area contributed by atoms with Crippen molar-refractivity contribution in [3.05, 3.63) is 89.3 Å². The van der Waals surface area contributed by atoms with Crippen LogP contribution in [0, 0.1) is 11.6 Å². The number of aromatic nitrogens is 1. The van der Waals surface area contributed by atoms with Crippen LogP contribution in [0.1, 0.15) is 17.3 Å². The van der Waals surface area contributed by atoms with E-state index in [2.05, 4.69) is 4.98 Å². The summed E-state index contributed by atoms with van der Waals surface area (Å²) in [5.74, 6) is -4.01. The molecule has 2 heterocycles. The minimum Gasteiger partial charge on any atom is -0.507 e. The lowest BCUT2D eigenvalue weighted by molar-refractivity contribution is -0.132. The van der Waals surface area contributed by atoms with E-state index in [-0.39, 0.29) is 28.3 Å². The molecule has 3 aromatic rings. The largest absolute Gasteiger partial charge is 0.507 e. The Kier molecular flexibility index (Phi) is 5.78. The van der Waals surface area contributed by atoms with Crippen LogP contribution in [0.5, 0.6) is 11.5 Å². The first-order valence-corrected chi connectivity index (χ1v) is 9.76. The molecule has 1 amide bonds. The Bertz CT molecular complexity index is 1280. The smallest absolute Gasteiger partial charge is 0.300 e. The first kappa shape index (κ1) is 21.9. The summed E-state index contributed by atoms with van der Waals surface area (Å²) in [6.45, 7) is 0. The topological polar surface area (TPSA) is 89.0 Å². The van der Waals surface area contributed by atoms with Gasteiger partial charge in [-0.25, -0.2) is 8.78 Å². The van der Waals surface area contributed by atoms with E-state index in [0.717, 1.165) is 17.0 Å². The Labute approximate surface area is 187 Å². The van der Waals surface area contributed by atoms with E-state index < -0.39 is 35.1 Å². The van der Waals surface area contributed by atoms with Crippen LogP contribution in [0.15, 0.2) is 66.4 Å². The second-order valence-corrected chi connectivity index (χ2v) is 7.09. The lowest BCUT2D eigenvalue weighted by atomic mass is 9.97. The zero-order valence-corrected chi connectivity index (χ0v) is 17.6. The van der Waals surface area contributed by atoms with Crippen molar-refractivity contribution >= 4 is 23.1 Å². The third-order valence-corrected chi connectivity index (χ3v) is 5.24. The molecule has 0 aliphatic carbocycles. The Morgan fingerprint density at radius 3 is 2.45 bits per heavy atom.